The molecule has 0 bridgehead atoms. The van der Waals surface area contributed by atoms with Crippen molar-refractivity contribution in [1.29, 1.82) is 0 Å². The minimum absolute atomic E-state index is 0.0636. The fourth-order valence-electron chi connectivity index (χ4n) is 2.65. The highest BCUT2D eigenvalue weighted by molar-refractivity contribution is 6.31. The van der Waals surface area contributed by atoms with E-state index in [-0.39, 0.29) is 23.9 Å². The Morgan fingerprint density at radius 1 is 1.37 bits per heavy atom. The van der Waals surface area contributed by atoms with Crippen molar-refractivity contribution in [2.75, 3.05) is 0 Å². The molecule has 3 nitrogen and oxygen atoms in total. The Bertz CT molecular complexity index is 468. The van der Waals surface area contributed by atoms with Crippen LogP contribution in [-0.4, -0.2) is 22.4 Å². The first-order valence-corrected chi connectivity index (χ1v) is 6.88. The molecule has 4 heteroatoms. The molecule has 0 aromatic heterocycles. The van der Waals surface area contributed by atoms with Crippen LogP contribution < -0.4 is 4.74 Å². The van der Waals surface area contributed by atoms with E-state index in [9.17, 15) is 5.11 Å². The molecule has 0 spiro atoms. The van der Waals surface area contributed by atoms with Crippen molar-refractivity contribution < 1.29 is 14.6 Å². The topological polar surface area (TPSA) is 38.7 Å². The summed E-state index contributed by atoms with van der Waals surface area (Å²) in [7, 11) is 0. The van der Waals surface area contributed by atoms with Gasteiger partial charge >= 0.3 is 0 Å². The molecule has 1 atom stereocenters. The van der Waals surface area contributed by atoms with E-state index >= 15 is 0 Å². The lowest BCUT2D eigenvalue weighted by atomic mass is 9.97. The van der Waals surface area contributed by atoms with Gasteiger partial charge in [0.1, 0.15) is 17.5 Å². The molecule has 106 valence electrons. The summed E-state index contributed by atoms with van der Waals surface area (Å²) in [4.78, 5) is 0. The zero-order valence-electron chi connectivity index (χ0n) is 11.9. The number of halogens is 1. The summed E-state index contributed by atoms with van der Waals surface area (Å²) in [5.41, 5.74) is 0.0645. The van der Waals surface area contributed by atoms with E-state index in [0.717, 1.165) is 6.42 Å². The van der Waals surface area contributed by atoms with Gasteiger partial charge in [0.15, 0.2) is 0 Å². The standard InChI is InChI=1S/C15H21ClO3/c1-14(2)8-13(15(3,4)19-14)18-12-7-5-6-11(16)10(12)9-17/h5-7,13,17H,8-9H2,1-4H3. The SMILES string of the molecule is CC1(C)CC(Oc2cccc(Cl)c2CO)C(C)(C)O1. The predicted molar refractivity (Wildman–Crippen MR) is 75.7 cm³/mol. The third-order valence-corrected chi connectivity index (χ3v) is 3.85. The van der Waals surface area contributed by atoms with Crippen molar-refractivity contribution in [3.05, 3.63) is 28.8 Å². The Balaban J connectivity index is 2.25. The van der Waals surface area contributed by atoms with Gasteiger partial charge in [-0.3, -0.25) is 0 Å². The van der Waals surface area contributed by atoms with E-state index in [0.29, 0.717) is 16.3 Å². The minimum atomic E-state index is -0.363. The van der Waals surface area contributed by atoms with Gasteiger partial charge in [-0.15, -0.1) is 0 Å². The molecule has 1 aromatic carbocycles. The molecule has 0 amide bonds. The highest BCUT2D eigenvalue weighted by Gasteiger charge is 2.47. The van der Waals surface area contributed by atoms with Gasteiger partial charge in [-0.1, -0.05) is 17.7 Å². The highest BCUT2D eigenvalue weighted by Crippen LogP contribution is 2.40. The van der Waals surface area contributed by atoms with Crippen molar-refractivity contribution >= 4 is 11.6 Å². The molecule has 0 radical (unpaired) electrons. The lowest BCUT2D eigenvalue weighted by Gasteiger charge is -2.28. The molecule has 1 aromatic rings. The number of benzene rings is 1. The molecule has 0 saturated carbocycles. The van der Waals surface area contributed by atoms with Gasteiger partial charge in [-0.05, 0) is 39.8 Å². The van der Waals surface area contributed by atoms with Crippen LogP contribution in [0.5, 0.6) is 5.75 Å². The van der Waals surface area contributed by atoms with Crippen LogP contribution in [0.1, 0.15) is 39.7 Å². The van der Waals surface area contributed by atoms with Crippen LogP contribution in [-0.2, 0) is 11.3 Å². The molecule has 1 aliphatic heterocycles. The molecule has 1 heterocycles. The summed E-state index contributed by atoms with van der Waals surface area (Å²) in [6.45, 7) is 8.03. The van der Waals surface area contributed by atoms with Crippen LogP contribution >= 0.6 is 11.6 Å². The number of ether oxygens (including phenoxy) is 2. The maximum absolute atomic E-state index is 9.41. The molecule has 1 fully saturated rings. The normalized spacial score (nSPS) is 24.4. The van der Waals surface area contributed by atoms with Crippen molar-refractivity contribution in [3.8, 4) is 5.75 Å². The summed E-state index contributed by atoms with van der Waals surface area (Å²) in [5.74, 6) is 0.634. The second-order valence-electron chi connectivity index (χ2n) is 6.15. The summed E-state index contributed by atoms with van der Waals surface area (Å²) >= 11 is 6.07. The number of aliphatic hydroxyl groups excluding tert-OH is 1. The Morgan fingerprint density at radius 3 is 2.58 bits per heavy atom. The largest absolute Gasteiger partial charge is 0.487 e. The minimum Gasteiger partial charge on any atom is -0.487 e. The first kappa shape index (κ1) is 14.6. The molecule has 19 heavy (non-hydrogen) atoms. The van der Waals surface area contributed by atoms with Crippen molar-refractivity contribution in [2.45, 2.75) is 58.0 Å². The second-order valence-corrected chi connectivity index (χ2v) is 6.56. The molecular weight excluding hydrogens is 264 g/mol. The van der Waals surface area contributed by atoms with E-state index < -0.39 is 0 Å². The van der Waals surface area contributed by atoms with Crippen molar-refractivity contribution in [2.24, 2.45) is 0 Å². The Labute approximate surface area is 119 Å². The lowest BCUT2D eigenvalue weighted by molar-refractivity contribution is -0.0847. The first-order chi connectivity index (χ1) is 8.75. The van der Waals surface area contributed by atoms with Crippen LogP contribution in [0.25, 0.3) is 0 Å². The van der Waals surface area contributed by atoms with E-state index in [1.165, 1.54) is 0 Å². The van der Waals surface area contributed by atoms with Crippen LogP contribution in [0, 0.1) is 0 Å². The lowest BCUT2D eigenvalue weighted by Crippen LogP contribution is -2.36. The van der Waals surface area contributed by atoms with Gasteiger partial charge in [-0.25, -0.2) is 0 Å². The summed E-state index contributed by atoms with van der Waals surface area (Å²) < 4.78 is 12.1. The summed E-state index contributed by atoms with van der Waals surface area (Å²) in [6.07, 6.45) is 0.739. The molecule has 2 rings (SSSR count). The van der Waals surface area contributed by atoms with Crippen LogP contribution in [0.15, 0.2) is 18.2 Å². The van der Waals surface area contributed by atoms with Gasteiger partial charge < -0.3 is 14.6 Å². The van der Waals surface area contributed by atoms with Crippen LogP contribution in [0.4, 0.5) is 0 Å². The number of aliphatic hydroxyl groups is 1. The maximum Gasteiger partial charge on any atom is 0.130 e. The maximum atomic E-state index is 9.41. The van der Waals surface area contributed by atoms with Gasteiger partial charge in [0, 0.05) is 17.0 Å². The summed E-state index contributed by atoms with van der Waals surface area (Å²) in [6, 6.07) is 5.41. The van der Waals surface area contributed by atoms with E-state index in [1.54, 1.807) is 6.07 Å². The second kappa shape index (κ2) is 4.97. The fraction of sp³-hybridized carbons (Fsp3) is 0.600. The fourth-order valence-corrected chi connectivity index (χ4v) is 2.88. The highest BCUT2D eigenvalue weighted by atomic mass is 35.5. The monoisotopic (exact) mass is 284 g/mol. The first-order valence-electron chi connectivity index (χ1n) is 6.50. The third kappa shape index (κ3) is 3.04. The zero-order valence-corrected chi connectivity index (χ0v) is 12.6. The van der Waals surface area contributed by atoms with Crippen molar-refractivity contribution in [1.82, 2.24) is 0 Å². The Morgan fingerprint density at radius 2 is 2.05 bits per heavy atom. The Kier molecular flexibility index (Phi) is 3.83. The zero-order chi connectivity index (χ0) is 14.3. The van der Waals surface area contributed by atoms with Gasteiger partial charge in [0.25, 0.3) is 0 Å². The van der Waals surface area contributed by atoms with Crippen LogP contribution in [0.2, 0.25) is 5.02 Å². The molecular formula is C15H21ClO3. The van der Waals surface area contributed by atoms with E-state index in [4.69, 9.17) is 21.1 Å². The van der Waals surface area contributed by atoms with Gasteiger partial charge in [0.2, 0.25) is 0 Å². The number of hydrogen-bond donors (Lipinski definition) is 1. The molecule has 1 N–H and O–H groups in total. The van der Waals surface area contributed by atoms with Crippen molar-refractivity contribution in [3.63, 3.8) is 0 Å². The Hall–Kier alpha value is -0.770. The molecule has 1 unspecified atom stereocenters. The predicted octanol–water partition coefficient (Wildman–Crippen LogP) is 3.56. The molecule has 0 aliphatic carbocycles. The average Bonchev–Trinajstić information content (AvgIpc) is 2.47. The van der Waals surface area contributed by atoms with Gasteiger partial charge in [-0.2, -0.15) is 0 Å². The summed E-state index contributed by atoms with van der Waals surface area (Å²) in [5, 5.41) is 9.93. The third-order valence-electron chi connectivity index (χ3n) is 3.49. The quantitative estimate of drug-likeness (QED) is 0.922. The molecule has 1 aliphatic rings. The van der Waals surface area contributed by atoms with E-state index in [1.807, 2.05) is 26.0 Å². The number of rotatable bonds is 3. The van der Waals surface area contributed by atoms with E-state index in [2.05, 4.69) is 13.8 Å². The number of hydrogen-bond acceptors (Lipinski definition) is 3. The molecule has 1 saturated heterocycles. The van der Waals surface area contributed by atoms with Crippen LogP contribution in [0.3, 0.4) is 0 Å². The average molecular weight is 285 g/mol. The van der Waals surface area contributed by atoms with Gasteiger partial charge in [0.05, 0.1) is 12.2 Å². The smallest absolute Gasteiger partial charge is 0.130 e.